The molecule has 1 unspecified atom stereocenters. The molecule has 0 aliphatic carbocycles. The second-order valence-electron chi connectivity index (χ2n) is 5.54. The number of aromatic nitrogens is 2. The maximum atomic E-state index is 12.1. The SMILES string of the molecule is CC(Nc1ccc(Br)cn1)c1ccc(NC(=O)c2ccncc2)cc1. The van der Waals surface area contributed by atoms with Crippen molar-refractivity contribution in [2.45, 2.75) is 13.0 Å². The minimum atomic E-state index is -0.152. The Morgan fingerprint density at radius 2 is 1.76 bits per heavy atom. The Balaban J connectivity index is 1.63. The topological polar surface area (TPSA) is 66.9 Å². The monoisotopic (exact) mass is 396 g/mol. The van der Waals surface area contributed by atoms with E-state index in [0.29, 0.717) is 5.56 Å². The zero-order valence-corrected chi connectivity index (χ0v) is 15.2. The number of nitrogens with zero attached hydrogens (tertiary/aromatic N) is 2. The van der Waals surface area contributed by atoms with E-state index in [1.165, 1.54) is 0 Å². The maximum Gasteiger partial charge on any atom is 0.255 e. The lowest BCUT2D eigenvalue weighted by Gasteiger charge is -2.15. The number of rotatable bonds is 5. The lowest BCUT2D eigenvalue weighted by molar-refractivity contribution is 0.102. The van der Waals surface area contributed by atoms with Gasteiger partial charge in [-0.05, 0) is 64.8 Å². The van der Waals surface area contributed by atoms with E-state index in [4.69, 9.17) is 0 Å². The van der Waals surface area contributed by atoms with Gasteiger partial charge < -0.3 is 10.6 Å². The standard InChI is InChI=1S/C19H17BrN4O/c1-13(23-18-7-4-16(20)12-22-18)14-2-5-17(6-3-14)24-19(25)15-8-10-21-11-9-15/h2-13H,1H3,(H,22,23)(H,24,25). The van der Waals surface area contributed by atoms with E-state index in [2.05, 4.69) is 43.5 Å². The van der Waals surface area contributed by atoms with Crippen LogP contribution in [0.5, 0.6) is 0 Å². The number of amides is 1. The Hall–Kier alpha value is -2.73. The van der Waals surface area contributed by atoms with Crippen molar-refractivity contribution in [1.82, 2.24) is 9.97 Å². The molecule has 5 nitrogen and oxygen atoms in total. The highest BCUT2D eigenvalue weighted by atomic mass is 79.9. The molecule has 1 amide bonds. The molecule has 3 rings (SSSR count). The van der Waals surface area contributed by atoms with Crippen molar-refractivity contribution in [1.29, 1.82) is 0 Å². The number of hydrogen-bond donors (Lipinski definition) is 2. The van der Waals surface area contributed by atoms with Gasteiger partial charge in [0.15, 0.2) is 0 Å². The van der Waals surface area contributed by atoms with Crippen molar-refractivity contribution in [3.63, 3.8) is 0 Å². The second-order valence-corrected chi connectivity index (χ2v) is 6.46. The van der Waals surface area contributed by atoms with Crippen molar-refractivity contribution >= 4 is 33.3 Å². The van der Waals surface area contributed by atoms with Crippen molar-refractivity contribution in [2.75, 3.05) is 10.6 Å². The van der Waals surface area contributed by atoms with Crippen LogP contribution in [0, 0.1) is 0 Å². The van der Waals surface area contributed by atoms with Crippen molar-refractivity contribution in [3.05, 3.63) is 82.7 Å². The van der Waals surface area contributed by atoms with Gasteiger partial charge in [0.25, 0.3) is 5.91 Å². The van der Waals surface area contributed by atoms with E-state index in [1.807, 2.05) is 36.4 Å². The molecule has 0 fully saturated rings. The maximum absolute atomic E-state index is 12.1. The average molecular weight is 397 g/mol. The minimum absolute atomic E-state index is 0.0959. The summed E-state index contributed by atoms with van der Waals surface area (Å²) in [7, 11) is 0. The number of pyridine rings is 2. The van der Waals surface area contributed by atoms with Crippen molar-refractivity contribution < 1.29 is 4.79 Å². The van der Waals surface area contributed by atoms with E-state index in [9.17, 15) is 4.79 Å². The number of nitrogens with one attached hydrogen (secondary N) is 2. The molecule has 2 heterocycles. The summed E-state index contributed by atoms with van der Waals surface area (Å²) in [4.78, 5) is 20.4. The number of halogens is 1. The van der Waals surface area contributed by atoms with Gasteiger partial charge in [0.1, 0.15) is 5.82 Å². The first-order valence-electron chi connectivity index (χ1n) is 7.81. The highest BCUT2D eigenvalue weighted by molar-refractivity contribution is 9.10. The molecule has 0 saturated carbocycles. The normalized spacial score (nSPS) is 11.6. The summed E-state index contributed by atoms with van der Waals surface area (Å²) >= 11 is 3.37. The second kappa shape index (κ2) is 7.90. The Morgan fingerprint density at radius 3 is 2.40 bits per heavy atom. The molecule has 3 aromatic rings. The van der Waals surface area contributed by atoms with Crippen LogP contribution < -0.4 is 10.6 Å². The van der Waals surface area contributed by atoms with Crippen LogP contribution in [0.2, 0.25) is 0 Å². The molecule has 6 heteroatoms. The third kappa shape index (κ3) is 4.64. The fourth-order valence-electron chi connectivity index (χ4n) is 2.33. The van der Waals surface area contributed by atoms with Crippen LogP contribution in [0.3, 0.4) is 0 Å². The van der Waals surface area contributed by atoms with E-state index < -0.39 is 0 Å². The van der Waals surface area contributed by atoms with Gasteiger partial charge in [-0.15, -0.1) is 0 Å². The minimum Gasteiger partial charge on any atom is -0.364 e. The predicted molar refractivity (Wildman–Crippen MR) is 103 cm³/mol. The third-order valence-corrected chi connectivity index (χ3v) is 4.17. The van der Waals surface area contributed by atoms with Crippen LogP contribution >= 0.6 is 15.9 Å². The molecule has 1 aromatic carbocycles. The van der Waals surface area contributed by atoms with Gasteiger partial charge in [0.05, 0.1) is 0 Å². The summed E-state index contributed by atoms with van der Waals surface area (Å²) in [6.45, 7) is 2.06. The Labute approximate surface area is 154 Å². The number of carbonyl (C=O) groups is 1. The number of carbonyl (C=O) groups excluding carboxylic acids is 1. The van der Waals surface area contributed by atoms with Crippen LogP contribution in [-0.2, 0) is 0 Å². The van der Waals surface area contributed by atoms with Gasteiger partial charge in [0.2, 0.25) is 0 Å². The largest absolute Gasteiger partial charge is 0.364 e. The van der Waals surface area contributed by atoms with Gasteiger partial charge in [-0.25, -0.2) is 4.98 Å². The molecular weight excluding hydrogens is 380 g/mol. The molecule has 0 aliphatic heterocycles. The fraction of sp³-hybridized carbons (Fsp3) is 0.105. The third-order valence-electron chi connectivity index (χ3n) is 3.70. The van der Waals surface area contributed by atoms with Gasteiger partial charge >= 0.3 is 0 Å². The Morgan fingerprint density at radius 1 is 1.04 bits per heavy atom. The van der Waals surface area contributed by atoms with Gasteiger partial charge in [-0.1, -0.05) is 12.1 Å². The van der Waals surface area contributed by atoms with E-state index in [1.54, 1.807) is 30.7 Å². The highest BCUT2D eigenvalue weighted by Crippen LogP contribution is 2.21. The van der Waals surface area contributed by atoms with Crippen molar-refractivity contribution in [2.24, 2.45) is 0 Å². The zero-order chi connectivity index (χ0) is 17.6. The predicted octanol–water partition coefficient (Wildman–Crippen LogP) is 4.66. The molecule has 2 N–H and O–H groups in total. The number of anilines is 2. The quantitative estimate of drug-likeness (QED) is 0.657. The molecule has 0 spiro atoms. The summed E-state index contributed by atoms with van der Waals surface area (Å²) in [6.07, 6.45) is 4.95. The zero-order valence-electron chi connectivity index (χ0n) is 13.6. The first-order chi connectivity index (χ1) is 12.1. The van der Waals surface area contributed by atoms with Crippen LogP contribution in [-0.4, -0.2) is 15.9 Å². The first-order valence-corrected chi connectivity index (χ1v) is 8.60. The number of hydrogen-bond acceptors (Lipinski definition) is 4. The average Bonchev–Trinajstić information content (AvgIpc) is 2.65. The summed E-state index contributed by atoms with van der Waals surface area (Å²) in [5.41, 5.74) is 2.43. The summed E-state index contributed by atoms with van der Waals surface area (Å²) in [6, 6.07) is 15.1. The molecule has 1 atom stereocenters. The highest BCUT2D eigenvalue weighted by Gasteiger charge is 2.08. The molecule has 126 valence electrons. The summed E-state index contributed by atoms with van der Waals surface area (Å²) in [5.74, 6) is 0.658. The molecule has 0 saturated heterocycles. The lowest BCUT2D eigenvalue weighted by Crippen LogP contribution is -2.12. The molecule has 0 radical (unpaired) electrons. The van der Waals surface area contributed by atoms with Gasteiger partial charge in [-0.3, -0.25) is 9.78 Å². The van der Waals surface area contributed by atoms with Crippen LogP contribution in [0.15, 0.2) is 71.6 Å². The Bertz CT molecular complexity index is 836. The summed E-state index contributed by atoms with van der Waals surface area (Å²) < 4.78 is 0.944. The van der Waals surface area contributed by atoms with Crippen LogP contribution in [0.25, 0.3) is 0 Å². The van der Waals surface area contributed by atoms with Crippen LogP contribution in [0.1, 0.15) is 28.9 Å². The smallest absolute Gasteiger partial charge is 0.255 e. The van der Waals surface area contributed by atoms with Crippen molar-refractivity contribution in [3.8, 4) is 0 Å². The van der Waals surface area contributed by atoms with Gasteiger partial charge in [0, 0.05) is 40.4 Å². The summed E-state index contributed by atoms with van der Waals surface area (Å²) in [5, 5.41) is 6.22. The fourth-order valence-corrected chi connectivity index (χ4v) is 2.56. The van der Waals surface area contributed by atoms with Crippen LogP contribution in [0.4, 0.5) is 11.5 Å². The van der Waals surface area contributed by atoms with E-state index >= 15 is 0 Å². The molecule has 0 bridgehead atoms. The lowest BCUT2D eigenvalue weighted by atomic mass is 10.1. The molecule has 2 aromatic heterocycles. The van der Waals surface area contributed by atoms with E-state index in [-0.39, 0.29) is 11.9 Å². The molecule has 25 heavy (non-hydrogen) atoms. The van der Waals surface area contributed by atoms with Gasteiger partial charge in [-0.2, -0.15) is 0 Å². The molecular formula is C19H17BrN4O. The first kappa shape index (κ1) is 17.1. The Kier molecular flexibility index (Phi) is 5.40. The van der Waals surface area contributed by atoms with E-state index in [0.717, 1.165) is 21.5 Å². The molecule has 0 aliphatic rings. The number of benzene rings is 1.